The van der Waals surface area contributed by atoms with Crippen molar-refractivity contribution in [3.05, 3.63) is 32.4 Å². The molecule has 0 fully saturated rings. The van der Waals surface area contributed by atoms with Crippen LogP contribution in [-0.4, -0.2) is 26.2 Å². The van der Waals surface area contributed by atoms with E-state index in [0.717, 1.165) is 6.07 Å². The smallest absolute Gasteiger partial charge is 0.336 e. The lowest BCUT2D eigenvalue weighted by Crippen LogP contribution is -1.99. The van der Waals surface area contributed by atoms with E-state index >= 15 is 0 Å². The molecule has 0 spiro atoms. The maximum absolute atomic E-state index is 11.0. The zero-order valence-electron chi connectivity index (χ0n) is 7.60. The lowest BCUT2D eigenvalue weighted by molar-refractivity contribution is -0.384. The Labute approximate surface area is 96.4 Å². The molecule has 1 aromatic carbocycles. The fourth-order valence-electron chi connectivity index (χ4n) is 1.37. The van der Waals surface area contributed by atoms with Gasteiger partial charge in [0, 0.05) is 17.5 Å². The van der Waals surface area contributed by atoms with Crippen LogP contribution in [0.5, 0.6) is 0 Å². The number of benzene rings is 1. The molecule has 8 heteroatoms. The van der Waals surface area contributed by atoms with Gasteiger partial charge in [0.05, 0.1) is 10.5 Å². The second-order valence-electron chi connectivity index (χ2n) is 2.99. The Morgan fingerprint density at radius 2 is 2.25 bits per heavy atom. The Bertz CT molecular complexity index is 607. The van der Waals surface area contributed by atoms with Gasteiger partial charge in [0.25, 0.3) is 5.69 Å². The van der Waals surface area contributed by atoms with Crippen molar-refractivity contribution in [3.63, 3.8) is 0 Å². The van der Waals surface area contributed by atoms with Gasteiger partial charge in [0.1, 0.15) is 10.1 Å². The molecular formula is C8H4BrN3O4. The van der Waals surface area contributed by atoms with Crippen LogP contribution < -0.4 is 0 Å². The molecule has 16 heavy (non-hydrogen) atoms. The Kier molecular flexibility index (Phi) is 2.35. The molecule has 0 atom stereocenters. The first-order chi connectivity index (χ1) is 7.50. The van der Waals surface area contributed by atoms with Crippen molar-refractivity contribution >= 4 is 38.5 Å². The summed E-state index contributed by atoms with van der Waals surface area (Å²) < 4.78 is 0.384. The van der Waals surface area contributed by atoms with Crippen LogP contribution in [0, 0.1) is 10.1 Å². The SMILES string of the molecule is O=C(O)c1cc([N+](=O)[O-])cc2n[nH]c(Br)c12. The van der Waals surface area contributed by atoms with E-state index in [2.05, 4.69) is 26.1 Å². The second kappa shape index (κ2) is 3.56. The van der Waals surface area contributed by atoms with Gasteiger partial charge in [0.2, 0.25) is 0 Å². The van der Waals surface area contributed by atoms with Crippen LogP contribution in [0.3, 0.4) is 0 Å². The first kappa shape index (κ1) is 10.6. The number of non-ortho nitro benzene ring substituents is 1. The van der Waals surface area contributed by atoms with E-state index in [1.807, 2.05) is 0 Å². The maximum atomic E-state index is 11.0. The number of carboxylic acid groups (broad SMARTS) is 1. The molecule has 1 aromatic heterocycles. The second-order valence-corrected chi connectivity index (χ2v) is 3.78. The number of halogens is 1. The van der Waals surface area contributed by atoms with E-state index < -0.39 is 10.9 Å². The number of nitrogens with zero attached hydrogens (tertiary/aromatic N) is 2. The Morgan fingerprint density at radius 3 is 2.81 bits per heavy atom. The number of hydrogen-bond donors (Lipinski definition) is 2. The minimum Gasteiger partial charge on any atom is -0.478 e. The molecule has 0 aliphatic heterocycles. The fraction of sp³-hybridized carbons (Fsp3) is 0. The standard InChI is InChI=1S/C8H4BrN3O4/c9-7-6-4(8(13)14)1-3(12(15)16)2-5(6)10-11-7/h1-2H,(H,10,11)(H,13,14). The minimum atomic E-state index is -1.24. The molecule has 0 unspecified atom stereocenters. The topological polar surface area (TPSA) is 109 Å². The van der Waals surface area contributed by atoms with Crippen LogP contribution >= 0.6 is 15.9 Å². The van der Waals surface area contributed by atoms with Gasteiger partial charge in [-0.25, -0.2) is 4.79 Å². The van der Waals surface area contributed by atoms with Crippen molar-refractivity contribution in [2.24, 2.45) is 0 Å². The summed E-state index contributed by atoms with van der Waals surface area (Å²) in [6.45, 7) is 0. The summed E-state index contributed by atoms with van der Waals surface area (Å²) in [7, 11) is 0. The number of fused-ring (bicyclic) bond motifs is 1. The summed E-state index contributed by atoms with van der Waals surface area (Å²) in [5.74, 6) is -1.24. The predicted octanol–water partition coefficient (Wildman–Crippen LogP) is 1.93. The molecule has 1 heterocycles. The van der Waals surface area contributed by atoms with Crippen LogP contribution in [0.15, 0.2) is 16.7 Å². The van der Waals surface area contributed by atoms with Crippen LogP contribution in [0.25, 0.3) is 10.9 Å². The summed E-state index contributed by atoms with van der Waals surface area (Å²) in [6.07, 6.45) is 0. The summed E-state index contributed by atoms with van der Waals surface area (Å²) in [5.41, 5.74) is -0.229. The lowest BCUT2D eigenvalue weighted by Gasteiger charge is -1.97. The van der Waals surface area contributed by atoms with Gasteiger partial charge in [-0.1, -0.05) is 0 Å². The van der Waals surface area contributed by atoms with Gasteiger partial charge in [-0.2, -0.15) is 5.10 Å². The van der Waals surface area contributed by atoms with E-state index in [1.54, 1.807) is 0 Å². The molecule has 0 aliphatic carbocycles. The highest BCUT2D eigenvalue weighted by molar-refractivity contribution is 9.10. The zero-order valence-corrected chi connectivity index (χ0v) is 9.19. The molecule has 82 valence electrons. The van der Waals surface area contributed by atoms with Crippen molar-refractivity contribution in [3.8, 4) is 0 Å². The average Bonchev–Trinajstić information content (AvgIpc) is 2.59. The number of nitrogens with one attached hydrogen (secondary N) is 1. The number of nitro groups is 1. The molecule has 0 amide bonds. The third-order valence-electron chi connectivity index (χ3n) is 2.04. The zero-order chi connectivity index (χ0) is 11.9. The molecular weight excluding hydrogens is 282 g/mol. The van der Waals surface area contributed by atoms with E-state index in [9.17, 15) is 14.9 Å². The van der Waals surface area contributed by atoms with Crippen LogP contribution in [0.4, 0.5) is 5.69 Å². The quantitative estimate of drug-likeness (QED) is 0.647. The van der Waals surface area contributed by atoms with Crippen molar-refractivity contribution in [2.45, 2.75) is 0 Å². The number of carboxylic acids is 1. The van der Waals surface area contributed by atoms with Crippen molar-refractivity contribution in [1.82, 2.24) is 10.2 Å². The molecule has 0 radical (unpaired) electrons. The predicted molar refractivity (Wildman–Crippen MR) is 57.4 cm³/mol. The number of aromatic nitrogens is 2. The first-order valence-corrected chi connectivity index (χ1v) is 4.85. The summed E-state index contributed by atoms with van der Waals surface area (Å²) >= 11 is 3.10. The molecule has 2 rings (SSSR count). The summed E-state index contributed by atoms with van der Waals surface area (Å²) in [4.78, 5) is 20.9. The monoisotopic (exact) mass is 285 g/mol. The summed E-state index contributed by atoms with van der Waals surface area (Å²) in [6, 6.07) is 2.22. The van der Waals surface area contributed by atoms with Gasteiger partial charge < -0.3 is 5.11 Å². The number of carbonyl (C=O) groups is 1. The van der Waals surface area contributed by atoms with Gasteiger partial charge in [-0.3, -0.25) is 15.2 Å². The summed E-state index contributed by atoms with van der Waals surface area (Å²) in [5, 5.41) is 26.1. The van der Waals surface area contributed by atoms with Gasteiger partial charge >= 0.3 is 5.97 Å². The normalized spacial score (nSPS) is 10.6. The Hall–Kier alpha value is -1.96. The highest BCUT2D eigenvalue weighted by Crippen LogP contribution is 2.29. The molecule has 0 aliphatic rings. The van der Waals surface area contributed by atoms with Crippen LogP contribution in [0.1, 0.15) is 10.4 Å². The van der Waals surface area contributed by atoms with Gasteiger partial charge in [-0.15, -0.1) is 0 Å². The number of nitro benzene ring substituents is 1. The number of hydrogen-bond acceptors (Lipinski definition) is 4. The molecule has 0 saturated heterocycles. The Morgan fingerprint density at radius 1 is 1.56 bits per heavy atom. The molecule has 2 N–H and O–H groups in total. The Balaban J connectivity index is 2.86. The number of H-pyrrole nitrogens is 1. The third-order valence-corrected chi connectivity index (χ3v) is 2.61. The number of aromatic carboxylic acids is 1. The minimum absolute atomic E-state index is 0.162. The molecule has 0 bridgehead atoms. The van der Waals surface area contributed by atoms with Gasteiger partial charge in [-0.05, 0) is 15.9 Å². The lowest BCUT2D eigenvalue weighted by atomic mass is 10.1. The van der Waals surface area contributed by atoms with Crippen molar-refractivity contribution in [1.29, 1.82) is 0 Å². The molecule has 0 saturated carbocycles. The maximum Gasteiger partial charge on any atom is 0.336 e. The van der Waals surface area contributed by atoms with Crippen molar-refractivity contribution < 1.29 is 14.8 Å². The number of rotatable bonds is 2. The van der Waals surface area contributed by atoms with Crippen molar-refractivity contribution in [2.75, 3.05) is 0 Å². The van der Waals surface area contributed by atoms with Gasteiger partial charge in [0.15, 0.2) is 0 Å². The fourth-order valence-corrected chi connectivity index (χ4v) is 1.88. The highest BCUT2D eigenvalue weighted by Gasteiger charge is 2.19. The van der Waals surface area contributed by atoms with Crippen LogP contribution in [0.2, 0.25) is 0 Å². The largest absolute Gasteiger partial charge is 0.478 e. The molecule has 2 aromatic rings. The van der Waals surface area contributed by atoms with E-state index in [1.165, 1.54) is 6.07 Å². The van der Waals surface area contributed by atoms with E-state index in [0.29, 0.717) is 9.99 Å². The van der Waals surface area contributed by atoms with Crippen LogP contribution in [-0.2, 0) is 0 Å². The first-order valence-electron chi connectivity index (χ1n) is 4.06. The average molecular weight is 286 g/mol. The van der Waals surface area contributed by atoms with E-state index in [-0.39, 0.29) is 16.8 Å². The van der Waals surface area contributed by atoms with E-state index in [4.69, 9.17) is 5.11 Å². The highest BCUT2D eigenvalue weighted by atomic mass is 79.9. The number of aromatic amines is 1. The third kappa shape index (κ3) is 1.52. The molecule has 7 nitrogen and oxygen atoms in total.